The molecular weight excluding hydrogens is 306 g/mol. The van der Waals surface area contributed by atoms with Crippen LogP contribution in [0, 0.1) is 0 Å². The minimum atomic E-state index is -3.19. The van der Waals surface area contributed by atoms with Crippen LogP contribution in [0.15, 0.2) is 58.3 Å². The number of amides is 1. The van der Waals surface area contributed by atoms with Crippen LogP contribution < -0.4 is 5.32 Å². The molecule has 0 heterocycles. The summed E-state index contributed by atoms with van der Waals surface area (Å²) >= 11 is 4.19. The minimum Gasteiger partial charge on any atom is -0.348 e. The first kappa shape index (κ1) is 15.6. The van der Waals surface area contributed by atoms with Gasteiger partial charge in [-0.3, -0.25) is 4.79 Å². The monoisotopic (exact) mass is 321 g/mol. The van der Waals surface area contributed by atoms with Gasteiger partial charge in [-0.1, -0.05) is 18.2 Å². The Morgan fingerprint density at radius 3 is 2.38 bits per heavy atom. The number of hydrogen-bond donors (Lipinski definition) is 2. The molecule has 6 heteroatoms. The molecule has 0 atom stereocenters. The van der Waals surface area contributed by atoms with Gasteiger partial charge >= 0.3 is 0 Å². The fourth-order valence-corrected chi connectivity index (χ4v) is 2.64. The van der Waals surface area contributed by atoms with E-state index in [0.29, 0.717) is 12.1 Å². The lowest BCUT2D eigenvalue weighted by Crippen LogP contribution is -2.22. The van der Waals surface area contributed by atoms with Crippen LogP contribution in [0.3, 0.4) is 0 Å². The highest BCUT2D eigenvalue weighted by molar-refractivity contribution is 7.90. The highest BCUT2D eigenvalue weighted by Crippen LogP contribution is 2.11. The molecule has 0 aliphatic carbocycles. The van der Waals surface area contributed by atoms with Gasteiger partial charge in [0.15, 0.2) is 9.84 Å². The van der Waals surface area contributed by atoms with Crippen LogP contribution in [0.5, 0.6) is 0 Å². The van der Waals surface area contributed by atoms with Crippen molar-refractivity contribution < 1.29 is 13.2 Å². The molecular formula is C15H15NO3S2. The number of carbonyl (C=O) groups is 1. The summed E-state index contributed by atoms with van der Waals surface area (Å²) in [5.74, 6) is -0.196. The molecule has 2 rings (SSSR count). The first-order valence-corrected chi connectivity index (χ1v) is 8.56. The predicted molar refractivity (Wildman–Crippen MR) is 84.4 cm³/mol. The fourth-order valence-electron chi connectivity index (χ4n) is 1.79. The van der Waals surface area contributed by atoms with E-state index < -0.39 is 9.84 Å². The molecule has 0 aliphatic heterocycles. The summed E-state index contributed by atoms with van der Waals surface area (Å²) in [4.78, 5) is 12.9. The van der Waals surface area contributed by atoms with Crippen LogP contribution in [0.4, 0.5) is 0 Å². The van der Waals surface area contributed by atoms with Crippen molar-refractivity contribution in [3.63, 3.8) is 0 Å². The Kier molecular flexibility index (Phi) is 4.69. The van der Waals surface area contributed by atoms with Gasteiger partial charge in [-0.25, -0.2) is 8.42 Å². The molecule has 2 aromatic rings. The summed E-state index contributed by atoms with van der Waals surface area (Å²) in [6.07, 6.45) is 1.16. The first-order valence-electron chi connectivity index (χ1n) is 6.22. The van der Waals surface area contributed by atoms with E-state index in [1.807, 2.05) is 0 Å². The van der Waals surface area contributed by atoms with E-state index in [0.717, 1.165) is 16.7 Å². The van der Waals surface area contributed by atoms with Crippen LogP contribution in [0.25, 0.3) is 0 Å². The molecule has 1 N–H and O–H groups in total. The maximum absolute atomic E-state index is 12.0. The van der Waals surface area contributed by atoms with Crippen molar-refractivity contribution in [2.24, 2.45) is 0 Å². The zero-order valence-electron chi connectivity index (χ0n) is 11.4. The van der Waals surface area contributed by atoms with Gasteiger partial charge in [-0.15, -0.1) is 12.6 Å². The Morgan fingerprint density at radius 1 is 1.14 bits per heavy atom. The normalized spacial score (nSPS) is 11.1. The number of thiol groups is 1. The van der Waals surface area contributed by atoms with Gasteiger partial charge in [0.1, 0.15) is 0 Å². The second-order valence-electron chi connectivity index (χ2n) is 4.65. The van der Waals surface area contributed by atoms with Crippen LogP contribution in [-0.4, -0.2) is 20.6 Å². The van der Waals surface area contributed by atoms with Crippen molar-refractivity contribution >= 4 is 28.4 Å². The highest BCUT2D eigenvalue weighted by atomic mass is 32.2. The zero-order valence-corrected chi connectivity index (χ0v) is 13.1. The van der Waals surface area contributed by atoms with Crippen molar-refractivity contribution in [1.29, 1.82) is 0 Å². The number of benzene rings is 2. The Labute approximate surface area is 129 Å². The van der Waals surface area contributed by atoms with Crippen molar-refractivity contribution in [2.75, 3.05) is 6.26 Å². The van der Waals surface area contributed by atoms with Crippen molar-refractivity contribution in [2.45, 2.75) is 16.3 Å². The third kappa shape index (κ3) is 4.34. The summed E-state index contributed by atoms with van der Waals surface area (Å²) < 4.78 is 22.7. The lowest BCUT2D eigenvalue weighted by molar-refractivity contribution is 0.0950. The lowest BCUT2D eigenvalue weighted by Gasteiger charge is -2.06. The molecule has 2 aromatic carbocycles. The van der Waals surface area contributed by atoms with Crippen molar-refractivity contribution in [3.8, 4) is 0 Å². The van der Waals surface area contributed by atoms with E-state index in [1.54, 1.807) is 36.4 Å². The van der Waals surface area contributed by atoms with Gasteiger partial charge < -0.3 is 5.32 Å². The summed E-state index contributed by atoms with van der Waals surface area (Å²) in [5.41, 5.74) is 1.37. The molecule has 110 valence electrons. The van der Waals surface area contributed by atoms with Gasteiger partial charge in [0.25, 0.3) is 5.91 Å². The molecule has 0 bridgehead atoms. The van der Waals surface area contributed by atoms with Crippen LogP contribution in [0.1, 0.15) is 15.9 Å². The van der Waals surface area contributed by atoms with Gasteiger partial charge in [0.05, 0.1) is 4.90 Å². The number of hydrogen-bond acceptors (Lipinski definition) is 4. The largest absolute Gasteiger partial charge is 0.348 e. The molecule has 0 aromatic heterocycles. The molecule has 0 unspecified atom stereocenters. The van der Waals surface area contributed by atoms with E-state index >= 15 is 0 Å². The Morgan fingerprint density at radius 2 is 1.81 bits per heavy atom. The van der Waals surface area contributed by atoms with E-state index in [1.165, 1.54) is 12.1 Å². The Bertz CT molecular complexity index is 753. The zero-order chi connectivity index (χ0) is 15.5. The van der Waals surface area contributed by atoms with E-state index in [9.17, 15) is 13.2 Å². The molecule has 21 heavy (non-hydrogen) atoms. The van der Waals surface area contributed by atoms with Crippen molar-refractivity contribution in [1.82, 2.24) is 5.32 Å². The molecule has 0 saturated heterocycles. The topological polar surface area (TPSA) is 63.2 Å². The maximum atomic E-state index is 12.0. The lowest BCUT2D eigenvalue weighted by atomic mass is 10.2. The Hall–Kier alpha value is -1.79. The van der Waals surface area contributed by atoms with E-state index in [-0.39, 0.29) is 10.8 Å². The molecule has 4 nitrogen and oxygen atoms in total. The minimum absolute atomic E-state index is 0.196. The highest BCUT2D eigenvalue weighted by Gasteiger charge is 2.08. The molecule has 0 radical (unpaired) electrons. The SMILES string of the molecule is CS(=O)(=O)c1ccc(CNC(=O)c2cccc(S)c2)cc1. The third-order valence-corrected chi connectivity index (χ3v) is 4.32. The summed E-state index contributed by atoms with van der Waals surface area (Å²) in [6.45, 7) is 0.333. The smallest absolute Gasteiger partial charge is 0.251 e. The molecule has 0 saturated carbocycles. The van der Waals surface area contributed by atoms with Crippen LogP contribution in [-0.2, 0) is 16.4 Å². The van der Waals surface area contributed by atoms with Gasteiger partial charge in [0.2, 0.25) is 0 Å². The fraction of sp³-hybridized carbons (Fsp3) is 0.133. The van der Waals surface area contributed by atoms with Gasteiger partial charge in [-0.05, 0) is 35.9 Å². The average Bonchev–Trinajstić information content (AvgIpc) is 2.44. The summed E-state index contributed by atoms with van der Waals surface area (Å²) in [6, 6.07) is 13.4. The second kappa shape index (κ2) is 6.32. The van der Waals surface area contributed by atoms with Crippen molar-refractivity contribution in [3.05, 3.63) is 59.7 Å². The number of sulfone groups is 1. The average molecular weight is 321 g/mol. The standard InChI is InChI=1S/C15H15NO3S2/c1-21(18,19)14-7-5-11(6-8-14)10-16-15(17)12-3-2-4-13(20)9-12/h2-9,20H,10H2,1H3,(H,16,17). The predicted octanol–water partition coefficient (Wildman–Crippen LogP) is 2.31. The van der Waals surface area contributed by atoms with Crippen LogP contribution in [0.2, 0.25) is 0 Å². The van der Waals surface area contributed by atoms with Gasteiger partial charge in [0, 0.05) is 23.3 Å². The molecule has 1 amide bonds. The molecule has 0 spiro atoms. The maximum Gasteiger partial charge on any atom is 0.251 e. The Balaban J connectivity index is 2.02. The molecule has 0 aliphatic rings. The van der Waals surface area contributed by atoms with Gasteiger partial charge in [-0.2, -0.15) is 0 Å². The van der Waals surface area contributed by atoms with E-state index in [2.05, 4.69) is 17.9 Å². The number of rotatable bonds is 4. The van der Waals surface area contributed by atoms with E-state index in [4.69, 9.17) is 0 Å². The quantitative estimate of drug-likeness (QED) is 0.850. The number of carbonyl (C=O) groups excluding carboxylic acids is 1. The summed E-state index contributed by atoms with van der Waals surface area (Å²) in [7, 11) is -3.19. The number of nitrogens with one attached hydrogen (secondary N) is 1. The molecule has 0 fully saturated rings. The summed E-state index contributed by atoms with van der Waals surface area (Å²) in [5, 5.41) is 2.78. The third-order valence-electron chi connectivity index (χ3n) is 2.91. The van der Waals surface area contributed by atoms with Crippen LogP contribution >= 0.6 is 12.6 Å². The first-order chi connectivity index (χ1) is 9.86. The second-order valence-corrected chi connectivity index (χ2v) is 7.18.